The molecule has 0 unspecified atom stereocenters. The van der Waals surface area contributed by atoms with Crippen molar-refractivity contribution in [3.05, 3.63) is 47.0 Å². The van der Waals surface area contributed by atoms with Gasteiger partial charge in [0, 0.05) is 37.8 Å². The second-order valence-corrected chi connectivity index (χ2v) is 8.06. The molecule has 4 rings (SSSR count). The molecule has 0 saturated carbocycles. The fraction of sp³-hybridized carbons (Fsp3) is 0.294. The number of hydrogen-bond acceptors (Lipinski definition) is 6. The highest BCUT2D eigenvalue weighted by molar-refractivity contribution is 7.91. The van der Waals surface area contributed by atoms with Crippen molar-refractivity contribution in [2.45, 2.75) is 29.7 Å². The van der Waals surface area contributed by atoms with Crippen LogP contribution in [0.15, 0.2) is 34.1 Å². The highest BCUT2D eigenvalue weighted by Gasteiger charge is 2.31. The molecule has 1 aliphatic rings. The fourth-order valence-corrected chi connectivity index (χ4v) is 4.85. The van der Waals surface area contributed by atoms with Crippen LogP contribution >= 0.6 is 0 Å². The van der Waals surface area contributed by atoms with Crippen molar-refractivity contribution in [3.63, 3.8) is 0 Å². The summed E-state index contributed by atoms with van der Waals surface area (Å²) in [5, 5.41) is 10.6. The van der Waals surface area contributed by atoms with Crippen molar-refractivity contribution in [1.29, 1.82) is 0 Å². The quantitative estimate of drug-likeness (QED) is 0.724. The van der Waals surface area contributed by atoms with Crippen molar-refractivity contribution in [3.8, 4) is 0 Å². The van der Waals surface area contributed by atoms with E-state index in [2.05, 4.69) is 20.7 Å². The molecule has 0 spiro atoms. The second-order valence-electron chi connectivity index (χ2n) is 6.17. The maximum absolute atomic E-state index is 13.6. The van der Waals surface area contributed by atoms with Gasteiger partial charge < -0.3 is 10.6 Å². The SMILES string of the molecule is CNc1nn2c3c(c(C)nc2c1S(=O)(=O)c1cccc(F)c1)CNCC3. The van der Waals surface area contributed by atoms with Crippen LogP contribution in [0.2, 0.25) is 0 Å². The van der Waals surface area contributed by atoms with Crippen LogP contribution in [0.3, 0.4) is 0 Å². The van der Waals surface area contributed by atoms with E-state index in [0.717, 1.165) is 36.0 Å². The summed E-state index contributed by atoms with van der Waals surface area (Å²) in [5.74, 6) is -0.408. The van der Waals surface area contributed by atoms with Gasteiger partial charge in [-0.1, -0.05) is 6.07 Å². The van der Waals surface area contributed by atoms with Gasteiger partial charge in [-0.3, -0.25) is 0 Å². The minimum Gasteiger partial charge on any atom is -0.370 e. The second kappa shape index (κ2) is 6.03. The van der Waals surface area contributed by atoms with Crippen molar-refractivity contribution < 1.29 is 12.8 Å². The van der Waals surface area contributed by atoms with Crippen LogP contribution in [0.5, 0.6) is 0 Å². The Balaban J connectivity index is 2.05. The first-order valence-corrected chi connectivity index (χ1v) is 9.72. The lowest BCUT2D eigenvalue weighted by Crippen LogP contribution is -2.27. The maximum atomic E-state index is 13.6. The van der Waals surface area contributed by atoms with Gasteiger partial charge in [-0.05, 0) is 25.1 Å². The molecule has 2 N–H and O–H groups in total. The summed E-state index contributed by atoms with van der Waals surface area (Å²) in [6.07, 6.45) is 0.722. The average molecular weight is 375 g/mol. The number of sulfone groups is 1. The van der Waals surface area contributed by atoms with Crippen LogP contribution in [-0.4, -0.2) is 36.6 Å². The molecular weight excluding hydrogens is 357 g/mol. The third-order valence-corrected chi connectivity index (χ3v) is 6.37. The molecule has 0 amide bonds. The van der Waals surface area contributed by atoms with Crippen LogP contribution in [0.25, 0.3) is 5.65 Å². The summed E-state index contributed by atoms with van der Waals surface area (Å²) in [6, 6.07) is 4.96. The van der Waals surface area contributed by atoms with Gasteiger partial charge in [0.05, 0.1) is 10.6 Å². The summed E-state index contributed by atoms with van der Waals surface area (Å²) in [6.45, 7) is 3.31. The highest BCUT2D eigenvalue weighted by atomic mass is 32.2. The molecule has 0 saturated heterocycles. The van der Waals surface area contributed by atoms with Crippen molar-refractivity contribution >= 4 is 21.3 Å². The number of halogens is 1. The van der Waals surface area contributed by atoms with E-state index in [9.17, 15) is 12.8 Å². The Morgan fingerprint density at radius 2 is 2.15 bits per heavy atom. The Labute approximate surface area is 150 Å². The van der Waals surface area contributed by atoms with Crippen molar-refractivity contribution in [1.82, 2.24) is 19.9 Å². The van der Waals surface area contributed by atoms with Gasteiger partial charge >= 0.3 is 0 Å². The highest BCUT2D eigenvalue weighted by Crippen LogP contribution is 2.32. The first kappa shape index (κ1) is 16.9. The maximum Gasteiger partial charge on any atom is 0.214 e. The Morgan fingerprint density at radius 3 is 2.88 bits per heavy atom. The number of benzene rings is 1. The number of fused-ring (bicyclic) bond motifs is 3. The summed E-state index contributed by atoms with van der Waals surface area (Å²) in [4.78, 5) is 4.36. The van der Waals surface area contributed by atoms with Crippen LogP contribution in [-0.2, 0) is 22.8 Å². The van der Waals surface area contributed by atoms with Gasteiger partial charge in [-0.2, -0.15) is 0 Å². The van der Waals surface area contributed by atoms with Crippen LogP contribution in [0.1, 0.15) is 17.0 Å². The molecule has 0 aliphatic carbocycles. The standard InChI is InChI=1S/C17H18FN5O2S/c1-10-13-9-20-7-6-14(13)23-17(21-10)15(16(19-2)22-23)26(24,25)12-5-3-4-11(18)8-12/h3-5,8,20H,6-7,9H2,1-2H3,(H,19,22). The first-order valence-electron chi connectivity index (χ1n) is 8.23. The number of aryl methyl sites for hydroxylation is 1. The summed E-state index contributed by atoms with van der Waals surface area (Å²) >= 11 is 0. The molecule has 3 aromatic rings. The Hall–Kier alpha value is -2.52. The van der Waals surface area contributed by atoms with E-state index < -0.39 is 15.7 Å². The topological polar surface area (TPSA) is 88.4 Å². The number of nitrogens with zero attached hydrogens (tertiary/aromatic N) is 3. The Kier molecular flexibility index (Phi) is 3.92. The van der Waals surface area contributed by atoms with E-state index in [0.29, 0.717) is 6.54 Å². The van der Waals surface area contributed by atoms with Gasteiger partial charge in [0.2, 0.25) is 9.84 Å². The fourth-order valence-electron chi connectivity index (χ4n) is 3.31. The van der Waals surface area contributed by atoms with Gasteiger partial charge in [-0.25, -0.2) is 22.3 Å². The van der Waals surface area contributed by atoms with Crippen LogP contribution in [0.4, 0.5) is 10.2 Å². The largest absolute Gasteiger partial charge is 0.370 e. The molecule has 0 fully saturated rings. The molecule has 26 heavy (non-hydrogen) atoms. The molecule has 0 bridgehead atoms. The number of rotatable bonds is 3. The molecule has 2 aromatic heterocycles. The molecule has 136 valence electrons. The molecule has 1 aliphatic heterocycles. The molecule has 0 atom stereocenters. The zero-order valence-electron chi connectivity index (χ0n) is 14.4. The summed E-state index contributed by atoms with van der Waals surface area (Å²) in [7, 11) is -2.39. The van der Waals surface area contributed by atoms with Crippen LogP contribution in [0, 0.1) is 12.7 Å². The summed E-state index contributed by atoms with van der Waals surface area (Å²) in [5.41, 5.74) is 3.00. The lowest BCUT2D eigenvalue weighted by Gasteiger charge is -2.19. The predicted molar refractivity (Wildman–Crippen MR) is 94.5 cm³/mol. The lowest BCUT2D eigenvalue weighted by atomic mass is 10.1. The number of nitrogens with one attached hydrogen (secondary N) is 2. The minimum absolute atomic E-state index is 0.0324. The monoisotopic (exact) mass is 375 g/mol. The number of hydrogen-bond donors (Lipinski definition) is 2. The third-order valence-electron chi connectivity index (χ3n) is 4.59. The van der Waals surface area contributed by atoms with Gasteiger partial charge in [0.1, 0.15) is 5.82 Å². The van der Waals surface area contributed by atoms with Crippen molar-refractivity contribution in [2.75, 3.05) is 18.9 Å². The smallest absolute Gasteiger partial charge is 0.214 e. The first-order chi connectivity index (χ1) is 12.4. The predicted octanol–water partition coefficient (Wildman–Crippen LogP) is 1.70. The normalized spacial score (nSPS) is 14.4. The number of anilines is 1. The van der Waals surface area contributed by atoms with E-state index >= 15 is 0 Å². The van der Waals surface area contributed by atoms with E-state index in [1.165, 1.54) is 18.2 Å². The molecule has 3 heterocycles. The molecule has 1 aromatic carbocycles. The van der Waals surface area contributed by atoms with E-state index in [1.54, 1.807) is 11.6 Å². The minimum atomic E-state index is -3.99. The third kappa shape index (κ3) is 2.46. The average Bonchev–Trinajstić information content (AvgIpc) is 3.01. The molecule has 0 radical (unpaired) electrons. The van der Waals surface area contributed by atoms with Gasteiger partial charge in [0.25, 0.3) is 0 Å². The molecule has 9 heteroatoms. The molecular formula is C17H18FN5O2S. The number of aromatic nitrogens is 3. The zero-order chi connectivity index (χ0) is 18.5. The lowest BCUT2D eigenvalue weighted by molar-refractivity contribution is 0.591. The van der Waals surface area contributed by atoms with E-state index in [4.69, 9.17) is 0 Å². The van der Waals surface area contributed by atoms with Crippen LogP contribution < -0.4 is 10.6 Å². The van der Waals surface area contributed by atoms with Gasteiger partial charge in [0.15, 0.2) is 16.4 Å². The summed E-state index contributed by atoms with van der Waals surface area (Å²) < 4.78 is 41.6. The van der Waals surface area contributed by atoms with Crippen molar-refractivity contribution in [2.24, 2.45) is 0 Å². The zero-order valence-corrected chi connectivity index (χ0v) is 15.2. The van der Waals surface area contributed by atoms with E-state index in [1.807, 2.05) is 6.92 Å². The molecule has 7 nitrogen and oxygen atoms in total. The van der Waals surface area contributed by atoms with Gasteiger partial charge in [-0.15, -0.1) is 5.10 Å². The Morgan fingerprint density at radius 1 is 1.35 bits per heavy atom. The Bertz CT molecular complexity index is 1120. The van der Waals surface area contributed by atoms with E-state index in [-0.39, 0.29) is 21.3 Å².